The lowest BCUT2D eigenvalue weighted by atomic mass is 10.2. The lowest BCUT2D eigenvalue weighted by Gasteiger charge is -2.05. The number of aryl methyl sites for hydroxylation is 1. The molecule has 0 bridgehead atoms. The van der Waals surface area contributed by atoms with Crippen molar-refractivity contribution in [2.24, 2.45) is 0 Å². The van der Waals surface area contributed by atoms with Gasteiger partial charge >= 0.3 is 0 Å². The van der Waals surface area contributed by atoms with Gasteiger partial charge < -0.3 is 10.4 Å². The number of carbonyl (C=O) groups excluding carboxylic acids is 1. The highest BCUT2D eigenvalue weighted by atomic mass is 16.2. The molecular formula is C16H15N3O2. The first-order chi connectivity index (χ1) is 10.2. The van der Waals surface area contributed by atoms with Gasteiger partial charge in [-0.05, 0) is 30.7 Å². The van der Waals surface area contributed by atoms with Crippen LogP contribution in [0.25, 0.3) is 0 Å². The van der Waals surface area contributed by atoms with Crippen molar-refractivity contribution in [3.8, 4) is 11.8 Å². The molecule has 0 saturated heterocycles. The second kappa shape index (κ2) is 7.17. The van der Waals surface area contributed by atoms with E-state index in [1.54, 1.807) is 30.6 Å². The normalized spacial score (nSPS) is 9.62. The third-order valence-electron chi connectivity index (χ3n) is 2.61. The van der Waals surface area contributed by atoms with Crippen molar-refractivity contribution in [1.29, 1.82) is 0 Å². The van der Waals surface area contributed by atoms with Crippen LogP contribution in [0.2, 0.25) is 0 Å². The highest BCUT2D eigenvalue weighted by molar-refractivity contribution is 6.03. The summed E-state index contributed by atoms with van der Waals surface area (Å²) in [5.41, 5.74) is 2.13. The molecule has 21 heavy (non-hydrogen) atoms. The number of nitrogens with one attached hydrogen (secondary N) is 1. The summed E-state index contributed by atoms with van der Waals surface area (Å²) in [5, 5.41) is 11.4. The molecule has 0 radical (unpaired) electrons. The summed E-state index contributed by atoms with van der Waals surface area (Å²) in [6, 6.07) is 5.19. The summed E-state index contributed by atoms with van der Waals surface area (Å²) in [6.07, 6.45) is 5.19. The SMILES string of the molecule is Cc1cncc(C(=O)Nc2cc(C#CCCO)ccn2)c1. The smallest absolute Gasteiger partial charge is 0.258 e. The maximum atomic E-state index is 12.1. The number of rotatable bonds is 3. The monoisotopic (exact) mass is 281 g/mol. The van der Waals surface area contributed by atoms with Gasteiger partial charge in [-0.3, -0.25) is 9.78 Å². The van der Waals surface area contributed by atoms with E-state index in [9.17, 15) is 4.79 Å². The number of anilines is 1. The Morgan fingerprint density at radius 2 is 2.24 bits per heavy atom. The van der Waals surface area contributed by atoms with Crippen molar-refractivity contribution in [2.75, 3.05) is 11.9 Å². The zero-order valence-electron chi connectivity index (χ0n) is 11.6. The molecule has 2 aromatic rings. The molecule has 0 aliphatic heterocycles. The van der Waals surface area contributed by atoms with Gasteiger partial charge in [-0.25, -0.2) is 4.98 Å². The first kappa shape index (κ1) is 14.7. The number of hydrogen-bond acceptors (Lipinski definition) is 4. The summed E-state index contributed by atoms with van der Waals surface area (Å²) in [7, 11) is 0. The molecule has 2 aromatic heterocycles. The van der Waals surface area contributed by atoms with E-state index in [1.807, 2.05) is 6.92 Å². The molecule has 5 nitrogen and oxygen atoms in total. The van der Waals surface area contributed by atoms with Crippen LogP contribution in [-0.2, 0) is 0 Å². The average molecular weight is 281 g/mol. The predicted octanol–water partition coefficient (Wildman–Crippen LogP) is 1.77. The number of aliphatic hydroxyl groups is 1. The Morgan fingerprint density at radius 3 is 3.00 bits per heavy atom. The van der Waals surface area contributed by atoms with E-state index in [2.05, 4.69) is 27.1 Å². The fraction of sp³-hybridized carbons (Fsp3) is 0.188. The molecule has 0 fully saturated rings. The van der Waals surface area contributed by atoms with Gasteiger partial charge in [-0.1, -0.05) is 11.8 Å². The first-order valence-electron chi connectivity index (χ1n) is 6.48. The lowest BCUT2D eigenvalue weighted by Crippen LogP contribution is -2.13. The first-order valence-corrected chi connectivity index (χ1v) is 6.48. The van der Waals surface area contributed by atoms with Crippen LogP contribution < -0.4 is 5.32 Å². The minimum absolute atomic E-state index is 0.0298. The molecule has 106 valence electrons. The topological polar surface area (TPSA) is 75.1 Å². The van der Waals surface area contributed by atoms with Crippen LogP contribution in [0.15, 0.2) is 36.8 Å². The molecule has 2 N–H and O–H groups in total. The van der Waals surface area contributed by atoms with Crippen LogP contribution in [0.5, 0.6) is 0 Å². The van der Waals surface area contributed by atoms with Crippen LogP contribution in [0.4, 0.5) is 5.82 Å². The minimum Gasteiger partial charge on any atom is -0.395 e. The fourth-order valence-electron chi connectivity index (χ4n) is 1.66. The van der Waals surface area contributed by atoms with Crippen LogP contribution in [-0.4, -0.2) is 27.6 Å². The van der Waals surface area contributed by atoms with Gasteiger partial charge in [0.1, 0.15) is 5.82 Å². The Kier molecular flexibility index (Phi) is 5.02. The molecule has 0 spiro atoms. The number of aliphatic hydroxyl groups excluding tert-OH is 1. The quantitative estimate of drug-likeness (QED) is 0.841. The van der Waals surface area contributed by atoms with E-state index in [-0.39, 0.29) is 12.5 Å². The third kappa shape index (κ3) is 4.41. The number of amides is 1. The van der Waals surface area contributed by atoms with Gasteiger partial charge in [-0.2, -0.15) is 0 Å². The van der Waals surface area contributed by atoms with E-state index in [4.69, 9.17) is 5.11 Å². The molecule has 0 aliphatic rings. The predicted molar refractivity (Wildman–Crippen MR) is 79.7 cm³/mol. The van der Waals surface area contributed by atoms with Gasteiger partial charge in [0.2, 0.25) is 0 Å². The number of carbonyl (C=O) groups is 1. The van der Waals surface area contributed by atoms with Crippen LogP contribution in [0.3, 0.4) is 0 Å². The summed E-state index contributed by atoms with van der Waals surface area (Å²) in [6.45, 7) is 1.90. The maximum absolute atomic E-state index is 12.1. The lowest BCUT2D eigenvalue weighted by molar-refractivity contribution is 0.102. The minimum atomic E-state index is -0.265. The Hall–Kier alpha value is -2.71. The number of hydrogen-bond donors (Lipinski definition) is 2. The Bertz CT molecular complexity index is 702. The van der Waals surface area contributed by atoms with Gasteiger partial charge in [0.05, 0.1) is 12.2 Å². The Morgan fingerprint density at radius 1 is 1.38 bits per heavy atom. The summed E-state index contributed by atoms with van der Waals surface area (Å²) >= 11 is 0. The second-order valence-corrected chi connectivity index (χ2v) is 4.41. The van der Waals surface area contributed by atoms with Crippen molar-refractivity contribution in [3.05, 3.63) is 53.5 Å². The number of nitrogens with zero attached hydrogens (tertiary/aromatic N) is 2. The summed E-state index contributed by atoms with van der Waals surface area (Å²) in [4.78, 5) is 20.2. The van der Waals surface area contributed by atoms with Crippen LogP contribution in [0.1, 0.15) is 27.9 Å². The molecule has 5 heteroatoms. The Balaban J connectivity index is 2.11. The third-order valence-corrected chi connectivity index (χ3v) is 2.61. The van der Waals surface area contributed by atoms with Crippen molar-refractivity contribution >= 4 is 11.7 Å². The van der Waals surface area contributed by atoms with Gasteiger partial charge in [0, 0.05) is 30.6 Å². The molecule has 2 rings (SSSR count). The fourth-order valence-corrected chi connectivity index (χ4v) is 1.66. The molecule has 0 unspecified atom stereocenters. The number of aromatic nitrogens is 2. The highest BCUT2D eigenvalue weighted by Gasteiger charge is 2.07. The van der Waals surface area contributed by atoms with Gasteiger partial charge in [0.25, 0.3) is 5.91 Å². The van der Waals surface area contributed by atoms with Crippen molar-refractivity contribution in [3.63, 3.8) is 0 Å². The van der Waals surface area contributed by atoms with Gasteiger partial charge in [0.15, 0.2) is 0 Å². The zero-order valence-corrected chi connectivity index (χ0v) is 11.6. The largest absolute Gasteiger partial charge is 0.395 e. The average Bonchev–Trinajstić information content (AvgIpc) is 2.48. The highest BCUT2D eigenvalue weighted by Crippen LogP contribution is 2.09. The van der Waals surface area contributed by atoms with Crippen molar-refractivity contribution < 1.29 is 9.90 Å². The maximum Gasteiger partial charge on any atom is 0.258 e. The molecule has 0 aliphatic carbocycles. The van der Waals surface area contributed by atoms with Crippen LogP contribution >= 0.6 is 0 Å². The van der Waals surface area contributed by atoms with Crippen LogP contribution in [0, 0.1) is 18.8 Å². The molecule has 0 saturated carbocycles. The second-order valence-electron chi connectivity index (χ2n) is 4.41. The zero-order chi connectivity index (χ0) is 15.1. The number of pyridine rings is 2. The van der Waals surface area contributed by atoms with E-state index in [0.29, 0.717) is 17.8 Å². The molecule has 2 heterocycles. The van der Waals surface area contributed by atoms with Gasteiger partial charge in [-0.15, -0.1) is 0 Å². The standard InChI is InChI=1S/C16H15N3O2/c1-12-8-14(11-17-10-12)16(21)19-15-9-13(5-6-18-15)4-2-3-7-20/h5-6,8-11,20H,3,7H2,1H3,(H,18,19,21). The van der Waals surface area contributed by atoms with Crippen molar-refractivity contribution in [2.45, 2.75) is 13.3 Å². The molecular weight excluding hydrogens is 266 g/mol. The molecule has 0 atom stereocenters. The summed E-state index contributed by atoms with van der Waals surface area (Å²) < 4.78 is 0. The molecule has 0 aromatic carbocycles. The van der Waals surface area contributed by atoms with E-state index in [1.165, 1.54) is 6.20 Å². The van der Waals surface area contributed by atoms with E-state index < -0.39 is 0 Å². The Labute approximate surface area is 123 Å². The summed E-state index contributed by atoms with van der Waals surface area (Å²) in [5.74, 6) is 5.88. The van der Waals surface area contributed by atoms with E-state index >= 15 is 0 Å². The molecule has 1 amide bonds. The van der Waals surface area contributed by atoms with E-state index in [0.717, 1.165) is 11.1 Å². The van der Waals surface area contributed by atoms with Crippen molar-refractivity contribution in [1.82, 2.24) is 9.97 Å².